The van der Waals surface area contributed by atoms with E-state index in [4.69, 9.17) is 0 Å². The molecule has 0 aromatic carbocycles. The van der Waals surface area contributed by atoms with Crippen LogP contribution in [0.25, 0.3) is 0 Å². The smallest absolute Gasteiger partial charge is 0.236 e. The number of hydrogen-bond acceptors (Lipinski definition) is 5. The third kappa shape index (κ3) is 3.38. The van der Waals surface area contributed by atoms with E-state index in [0.717, 1.165) is 57.9 Å². The Balaban J connectivity index is 1.30. The molecule has 130 valence electrons. The average Bonchev–Trinajstić information content (AvgIpc) is 3.09. The standard InChI is InChI=1S/C18H27N5O/c24-18(23-6-1-2-7-23)13-21-8-10-22(11-9-21)17-12-16(19-14-20-17)15-4-3-5-15/h12,14-15H,1-11,13H2. The molecule has 0 N–H and O–H groups in total. The van der Waals surface area contributed by atoms with E-state index in [2.05, 4.69) is 25.8 Å². The minimum Gasteiger partial charge on any atom is -0.354 e. The van der Waals surface area contributed by atoms with Crippen LogP contribution in [0.5, 0.6) is 0 Å². The maximum atomic E-state index is 12.3. The second kappa shape index (κ2) is 7.05. The highest BCUT2D eigenvalue weighted by Crippen LogP contribution is 2.35. The van der Waals surface area contributed by atoms with Gasteiger partial charge in [0.05, 0.1) is 6.54 Å². The van der Waals surface area contributed by atoms with Crippen LogP contribution in [-0.2, 0) is 4.79 Å². The van der Waals surface area contributed by atoms with Crippen LogP contribution in [0.4, 0.5) is 5.82 Å². The molecule has 3 fully saturated rings. The van der Waals surface area contributed by atoms with Gasteiger partial charge >= 0.3 is 0 Å². The van der Waals surface area contributed by atoms with Gasteiger partial charge in [-0.2, -0.15) is 0 Å². The molecule has 6 heteroatoms. The molecule has 1 aromatic heterocycles. The molecule has 1 aromatic rings. The minimum absolute atomic E-state index is 0.301. The molecule has 24 heavy (non-hydrogen) atoms. The fourth-order valence-electron chi connectivity index (χ4n) is 3.85. The van der Waals surface area contributed by atoms with Crippen LogP contribution in [0.3, 0.4) is 0 Å². The van der Waals surface area contributed by atoms with E-state index in [-0.39, 0.29) is 0 Å². The van der Waals surface area contributed by atoms with Gasteiger partial charge in [-0.3, -0.25) is 9.69 Å². The van der Waals surface area contributed by atoms with E-state index in [1.807, 2.05) is 4.90 Å². The van der Waals surface area contributed by atoms with Gasteiger partial charge in [0.25, 0.3) is 0 Å². The molecule has 0 unspecified atom stereocenters. The number of amides is 1. The quantitative estimate of drug-likeness (QED) is 0.838. The topological polar surface area (TPSA) is 52.6 Å². The number of carbonyl (C=O) groups is 1. The zero-order valence-corrected chi connectivity index (χ0v) is 14.4. The Hall–Kier alpha value is -1.69. The van der Waals surface area contributed by atoms with Crippen LogP contribution in [0.1, 0.15) is 43.7 Å². The van der Waals surface area contributed by atoms with Gasteiger partial charge in [0.1, 0.15) is 12.1 Å². The van der Waals surface area contributed by atoms with Crippen LogP contribution in [0, 0.1) is 0 Å². The fraction of sp³-hybridized carbons (Fsp3) is 0.722. The van der Waals surface area contributed by atoms with Crippen LogP contribution in [0.2, 0.25) is 0 Å². The first kappa shape index (κ1) is 15.8. The zero-order valence-electron chi connectivity index (χ0n) is 14.4. The molecule has 0 bridgehead atoms. The lowest BCUT2D eigenvalue weighted by molar-refractivity contribution is -0.131. The number of anilines is 1. The van der Waals surface area contributed by atoms with Crippen molar-refractivity contribution in [1.29, 1.82) is 0 Å². The van der Waals surface area contributed by atoms with Crippen molar-refractivity contribution in [2.45, 2.75) is 38.0 Å². The summed E-state index contributed by atoms with van der Waals surface area (Å²) in [6.45, 7) is 6.21. The summed E-state index contributed by atoms with van der Waals surface area (Å²) in [6, 6.07) is 2.18. The lowest BCUT2D eigenvalue weighted by atomic mass is 9.83. The van der Waals surface area contributed by atoms with Crippen molar-refractivity contribution in [2.24, 2.45) is 0 Å². The van der Waals surface area contributed by atoms with Crippen molar-refractivity contribution in [1.82, 2.24) is 19.8 Å². The molecule has 1 aliphatic carbocycles. The van der Waals surface area contributed by atoms with Crippen LogP contribution in [-0.4, -0.2) is 71.5 Å². The summed E-state index contributed by atoms with van der Waals surface area (Å²) >= 11 is 0. The lowest BCUT2D eigenvalue weighted by Gasteiger charge is -2.36. The van der Waals surface area contributed by atoms with Crippen molar-refractivity contribution in [3.63, 3.8) is 0 Å². The summed E-state index contributed by atoms with van der Waals surface area (Å²) in [5, 5.41) is 0. The van der Waals surface area contributed by atoms with Gasteiger partial charge in [0.2, 0.25) is 5.91 Å². The van der Waals surface area contributed by atoms with E-state index < -0.39 is 0 Å². The predicted molar refractivity (Wildman–Crippen MR) is 93.1 cm³/mol. The first-order valence-corrected chi connectivity index (χ1v) is 9.36. The molecule has 4 rings (SSSR count). The zero-order chi connectivity index (χ0) is 16.4. The van der Waals surface area contributed by atoms with Gasteiger partial charge in [0.15, 0.2) is 0 Å². The van der Waals surface area contributed by atoms with E-state index in [0.29, 0.717) is 18.4 Å². The molecule has 3 heterocycles. The summed E-state index contributed by atoms with van der Waals surface area (Å²) in [4.78, 5) is 27.8. The molecule has 0 atom stereocenters. The Morgan fingerprint density at radius 2 is 1.75 bits per heavy atom. The number of rotatable bonds is 4. The highest BCUT2D eigenvalue weighted by atomic mass is 16.2. The summed E-state index contributed by atoms with van der Waals surface area (Å²) in [7, 11) is 0. The highest BCUT2D eigenvalue weighted by Gasteiger charge is 2.25. The number of hydrogen-bond donors (Lipinski definition) is 0. The number of aromatic nitrogens is 2. The van der Waals surface area contributed by atoms with Crippen LogP contribution in [0.15, 0.2) is 12.4 Å². The van der Waals surface area contributed by atoms with Crippen molar-refractivity contribution in [3.8, 4) is 0 Å². The van der Waals surface area contributed by atoms with Gasteiger partial charge < -0.3 is 9.80 Å². The highest BCUT2D eigenvalue weighted by molar-refractivity contribution is 5.78. The molecule has 2 aliphatic heterocycles. The van der Waals surface area contributed by atoms with Crippen molar-refractivity contribution in [3.05, 3.63) is 18.1 Å². The van der Waals surface area contributed by atoms with E-state index in [9.17, 15) is 4.79 Å². The third-order valence-corrected chi connectivity index (χ3v) is 5.71. The van der Waals surface area contributed by atoms with Gasteiger partial charge in [-0.05, 0) is 25.7 Å². The molecule has 3 aliphatic rings. The van der Waals surface area contributed by atoms with Crippen molar-refractivity contribution >= 4 is 11.7 Å². The van der Waals surface area contributed by atoms with E-state index in [1.165, 1.54) is 25.0 Å². The Morgan fingerprint density at radius 3 is 2.42 bits per heavy atom. The summed E-state index contributed by atoms with van der Waals surface area (Å²) < 4.78 is 0. The summed E-state index contributed by atoms with van der Waals surface area (Å²) in [5.74, 6) is 2.00. The molecule has 0 radical (unpaired) electrons. The van der Waals surface area contributed by atoms with Crippen LogP contribution >= 0.6 is 0 Å². The maximum absolute atomic E-state index is 12.3. The average molecular weight is 329 g/mol. The number of piperazine rings is 1. The predicted octanol–water partition coefficient (Wildman–Crippen LogP) is 1.49. The minimum atomic E-state index is 0.301. The summed E-state index contributed by atoms with van der Waals surface area (Å²) in [5.41, 5.74) is 1.21. The number of likely N-dealkylation sites (tertiary alicyclic amines) is 1. The molecule has 1 saturated carbocycles. The SMILES string of the molecule is O=C(CN1CCN(c2cc(C3CCC3)ncn2)CC1)N1CCCC1. The Labute approximate surface area is 143 Å². The molecule has 6 nitrogen and oxygen atoms in total. The Kier molecular flexibility index (Phi) is 4.65. The lowest BCUT2D eigenvalue weighted by Crippen LogP contribution is -2.50. The van der Waals surface area contributed by atoms with E-state index >= 15 is 0 Å². The fourth-order valence-corrected chi connectivity index (χ4v) is 3.85. The molecule has 2 saturated heterocycles. The summed E-state index contributed by atoms with van der Waals surface area (Å²) in [6.07, 6.45) is 7.90. The number of nitrogens with zero attached hydrogens (tertiary/aromatic N) is 5. The van der Waals surface area contributed by atoms with Gasteiger partial charge in [-0.15, -0.1) is 0 Å². The van der Waals surface area contributed by atoms with Crippen molar-refractivity contribution in [2.75, 3.05) is 50.7 Å². The second-order valence-corrected chi connectivity index (χ2v) is 7.28. The monoisotopic (exact) mass is 329 g/mol. The third-order valence-electron chi connectivity index (χ3n) is 5.71. The largest absolute Gasteiger partial charge is 0.354 e. The number of carbonyl (C=O) groups excluding carboxylic acids is 1. The Bertz CT molecular complexity index is 575. The van der Waals surface area contributed by atoms with E-state index in [1.54, 1.807) is 6.33 Å². The maximum Gasteiger partial charge on any atom is 0.236 e. The van der Waals surface area contributed by atoms with Crippen molar-refractivity contribution < 1.29 is 4.79 Å². The normalized spacial score (nSPS) is 22.7. The van der Waals surface area contributed by atoms with Crippen LogP contribution < -0.4 is 4.90 Å². The first-order chi connectivity index (χ1) is 11.8. The van der Waals surface area contributed by atoms with Gasteiger partial charge in [-0.1, -0.05) is 6.42 Å². The molecular formula is C18H27N5O. The van der Waals surface area contributed by atoms with Gasteiger partial charge in [-0.25, -0.2) is 9.97 Å². The molecule has 1 amide bonds. The molecule has 0 spiro atoms. The van der Waals surface area contributed by atoms with Gasteiger partial charge in [0, 0.05) is 56.9 Å². The first-order valence-electron chi connectivity index (χ1n) is 9.36. The second-order valence-electron chi connectivity index (χ2n) is 7.28. The Morgan fingerprint density at radius 1 is 1.00 bits per heavy atom. The molecular weight excluding hydrogens is 302 g/mol.